The highest BCUT2D eigenvalue weighted by Gasteiger charge is 2.34. The molecule has 0 bridgehead atoms. The first kappa shape index (κ1) is 22.0. The maximum atomic E-state index is 12.9. The predicted molar refractivity (Wildman–Crippen MR) is 106 cm³/mol. The Hall–Kier alpha value is -2.73. The van der Waals surface area contributed by atoms with E-state index in [1.807, 2.05) is 17.5 Å². The minimum Gasteiger partial charge on any atom is -0.465 e. The lowest BCUT2D eigenvalue weighted by atomic mass is 10.2. The van der Waals surface area contributed by atoms with Crippen molar-refractivity contribution in [1.29, 1.82) is 0 Å². The van der Waals surface area contributed by atoms with Crippen LogP contribution in [-0.4, -0.2) is 52.2 Å². The maximum absolute atomic E-state index is 12.9. The molecule has 12 heteroatoms. The summed E-state index contributed by atoms with van der Waals surface area (Å²) in [4.78, 5) is 42.8. The molecule has 0 saturated carbocycles. The molecule has 0 aliphatic carbocycles. The van der Waals surface area contributed by atoms with Crippen molar-refractivity contribution in [3.05, 3.63) is 39.6 Å². The molecule has 3 rings (SSSR count). The smallest absolute Gasteiger partial charge is 0.406 e. The molecule has 3 heterocycles. The van der Waals surface area contributed by atoms with Crippen LogP contribution in [0.1, 0.15) is 6.92 Å². The van der Waals surface area contributed by atoms with Gasteiger partial charge in [-0.3, -0.25) is 19.0 Å². The molecule has 7 nitrogen and oxygen atoms in total. The number of hydrogen-bond acceptors (Lipinski definition) is 7. The van der Waals surface area contributed by atoms with Gasteiger partial charge in [0.15, 0.2) is 0 Å². The molecule has 0 radical (unpaired) electrons. The summed E-state index contributed by atoms with van der Waals surface area (Å²) in [6.07, 6.45) is -3.59. The summed E-state index contributed by atoms with van der Waals surface area (Å²) in [6.45, 7) is -1.71. The van der Waals surface area contributed by atoms with Crippen molar-refractivity contribution in [2.45, 2.75) is 19.6 Å². The third-order valence-corrected chi connectivity index (χ3v) is 5.79. The van der Waals surface area contributed by atoms with Gasteiger partial charge in [-0.1, -0.05) is 6.07 Å². The number of alkyl halides is 3. The molecule has 3 aromatic rings. The van der Waals surface area contributed by atoms with Crippen LogP contribution in [0.5, 0.6) is 0 Å². The van der Waals surface area contributed by atoms with E-state index in [4.69, 9.17) is 0 Å². The normalized spacial score (nSPS) is 11.6. The highest BCUT2D eigenvalue weighted by molar-refractivity contribution is 7.18. The minimum absolute atomic E-state index is 0.0312. The number of thiophene rings is 2. The summed E-state index contributed by atoms with van der Waals surface area (Å²) < 4.78 is 44.2. The predicted octanol–water partition coefficient (Wildman–Crippen LogP) is 3.14. The number of nitrogens with zero attached hydrogens (tertiary/aromatic N) is 3. The lowest BCUT2D eigenvalue weighted by Crippen LogP contribution is -2.44. The van der Waals surface area contributed by atoms with E-state index in [1.165, 1.54) is 29.6 Å². The molecular weight excluding hydrogens is 443 g/mol. The van der Waals surface area contributed by atoms with Gasteiger partial charge in [0, 0.05) is 15.8 Å². The van der Waals surface area contributed by atoms with E-state index in [1.54, 1.807) is 5.38 Å². The van der Waals surface area contributed by atoms with Crippen LogP contribution in [0, 0.1) is 0 Å². The Morgan fingerprint density at radius 3 is 2.70 bits per heavy atom. The molecule has 0 N–H and O–H groups in total. The second-order valence-corrected chi connectivity index (χ2v) is 7.96. The van der Waals surface area contributed by atoms with Crippen LogP contribution in [0.4, 0.5) is 13.2 Å². The van der Waals surface area contributed by atoms with Crippen molar-refractivity contribution in [3.8, 4) is 10.4 Å². The zero-order valence-corrected chi connectivity index (χ0v) is 17.3. The van der Waals surface area contributed by atoms with Gasteiger partial charge in [-0.05, 0) is 18.4 Å². The number of carbonyl (C=O) groups excluding carboxylic acids is 2. The van der Waals surface area contributed by atoms with Crippen molar-refractivity contribution >= 4 is 44.8 Å². The highest BCUT2D eigenvalue weighted by Crippen LogP contribution is 2.33. The monoisotopic (exact) mass is 459 g/mol. The fourth-order valence-electron chi connectivity index (χ4n) is 2.75. The summed E-state index contributed by atoms with van der Waals surface area (Å²) in [6, 6.07) is 3.66. The lowest BCUT2D eigenvalue weighted by molar-refractivity contribution is -0.167. The van der Waals surface area contributed by atoms with Gasteiger partial charge in [-0.25, -0.2) is 4.98 Å². The topological polar surface area (TPSA) is 81.5 Å². The molecule has 0 aliphatic rings. The lowest BCUT2D eigenvalue weighted by Gasteiger charge is -2.23. The number of halogens is 3. The average molecular weight is 459 g/mol. The van der Waals surface area contributed by atoms with E-state index >= 15 is 0 Å². The number of rotatable bonds is 7. The van der Waals surface area contributed by atoms with E-state index in [0.717, 1.165) is 15.8 Å². The zero-order chi connectivity index (χ0) is 21.9. The number of hydrogen-bond donors (Lipinski definition) is 0. The zero-order valence-electron chi connectivity index (χ0n) is 15.6. The van der Waals surface area contributed by atoms with E-state index < -0.39 is 43.2 Å². The Morgan fingerprint density at radius 1 is 1.30 bits per heavy atom. The van der Waals surface area contributed by atoms with Gasteiger partial charge in [-0.2, -0.15) is 13.2 Å². The van der Waals surface area contributed by atoms with E-state index in [2.05, 4.69) is 9.72 Å². The van der Waals surface area contributed by atoms with Crippen LogP contribution in [0.3, 0.4) is 0 Å². The maximum Gasteiger partial charge on any atom is 0.406 e. The third-order valence-electron chi connectivity index (χ3n) is 4.00. The van der Waals surface area contributed by atoms with E-state index in [9.17, 15) is 27.6 Å². The SMILES string of the molecule is CCOC(=O)CN(CC(F)(F)F)C(=O)Cn1cnc2scc(-c3cccs3)c2c1=O. The average Bonchev–Trinajstić information content (AvgIpc) is 3.32. The number of aromatic nitrogens is 2. The molecule has 1 amide bonds. The Balaban J connectivity index is 1.90. The van der Waals surface area contributed by atoms with E-state index in [-0.39, 0.29) is 6.61 Å². The third kappa shape index (κ3) is 5.05. The van der Waals surface area contributed by atoms with Crippen molar-refractivity contribution in [2.24, 2.45) is 0 Å². The molecule has 0 unspecified atom stereocenters. The molecule has 160 valence electrons. The summed E-state index contributed by atoms with van der Waals surface area (Å²) >= 11 is 2.68. The first-order valence-corrected chi connectivity index (χ1v) is 10.5. The quantitative estimate of drug-likeness (QED) is 0.507. The molecule has 0 spiro atoms. The van der Waals surface area contributed by atoms with Gasteiger partial charge >= 0.3 is 12.1 Å². The first-order valence-electron chi connectivity index (χ1n) is 8.70. The fraction of sp³-hybridized carbons (Fsp3) is 0.333. The molecule has 0 saturated heterocycles. The summed E-state index contributed by atoms with van der Waals surface area (Å²) in [5.74, 6) is -2.01. The van der Waals surface area contributed by atoms with Crippen LogP contribution >= 0.6 is 22.7 Å². The van der Waals surface area contributed by atoms with Gasteiger partial charge in [-0.15, -0.1) is 22.7 Å². The largest absolute Gasteiger partial charge is 0.465 e. The van der Waals surface area contributed by atoms with Crippen LogP contribution in [0.15, 0.2) is 34.0 Å². The Bertz CT molecular complexity index is 1110. The van der Waals surface area contributed by atoms with Gasteiger partial charge < -0.3 is 9.64 Å². The Morgan fingerprint density at radius 2 is 2.07 bits per heavy atom. The van der Waals surface area contributed by atoms with Gasteiger partial charge in [0.1, 0.15) is 24.5 Å². The molecule has 0 aliphatic heterocycles. The second kappa shape index (κ2) is 8.96. The standard InChI is InChI=1S/C18H16F3N3O4S2/c1-2-28-14(26)7-23(9-18(19,20)21)13(25)6-24-10-22-16-15(17(24)27)11(8-30-16)12-4-3-5-29-12/h3-5,8,10H,2,6-7,9H2,1H3. The molecular formula is C18H16F3N3O4S2. The first-order chi connectivity index (χ1) is 14.2. The summed E-state index contributed by atoms with van der Waals surface area (Å²) in [7, 11) is 0. The van der Waals surface area contributed by atoms with Gasteiger partial charge in [0.2, 0.25) is 5.91 Å². The van der Waals surface area contributed by atoms with Crippen molar-refractivity contribution in [3.63, 3.8) is 0 Å². The number of carbonyl (C=O) groups is 2. The number of amides is 1. The highest BCUT2D eigenvalue weighted by atomic mass is 32.1. The van der Waals surface area contributed by atoms with Crippen LogP contribution in [0.25, 0.3) is 20.7 Å². The molecule has 0 aromatic carbocycles. The minimum atomic E-state index is -4.71. The molecule has 30 heavy (non-hydrogen) atoms. The molecule has 0 atom stereocenters. The van der Waals surface area contributed by atoms with Crippen molar-refractivity contribution < 1.29 is 27.5 Å². The van der Waals surface area contributed by atoms with Crippen molar-refractivity contribution in [1.82, 2.24) is 14.5 Å². The summed E-state index contributed by atoms with van der Waals surface area (Å²) in [5.41, 5.74) is 0.115. The van der Waals surface area contributed by atoms with Gasteiger partial charge in [0.05, 0.1) is 18.3 Å². The van der Waals surface area contributed by atoms with Crippen LogP contribution in [0.2, 0.25) is 0 Å². The van der Waals surface area contributed by atoms with Crippen LogP contribution in [-0.2, 0) is 20.9 Å². The fourth-order valence-corrected chi connectivity index (χ4v) is 4.47. The number of esters is 1. The Kier molecular flexibility index (Phi) is 6.56. The van der Waals surface area contributed by atoms with Crippen molar-refractivity contribution in [2.75, 3.05) is 19.7 Å². The molecule has 3 aromatic heterocycles. The number of ether oxygens (including phenoxy) is 1. The van der Waals surface area contributed by atoms with Crippen LogP contribution < -0.4 is 5.56 Å². The van der Waals surface area contributed by atoms with Gasteiger partial charge in [0.25, 0.3) is 5.56 Å². The second-order valence-electron chi connectivity index (χ2n) is 6.15. The molecule has 0 fully saturated rings. The number of fused-ring (bicyclic) bond motifs is 1. The summed E-state index contributed by atoms with van der Waals surface area (Å²) in [5, 5.41) is 3.92. The Labute approximate surface area is 176 Å². The van der Waals surface area contributed by atoms with E-state index in [0.29, 0.717) is 20.7 Å².